The van der Waals surface area contributed by atoms with Gasteiger partial charge in [0.15, 0.2) is 11.5 Å². The van der Waals surface area contributed by atoms with Crippen molar-refractivity contribution in [3.63, 3.8) is 0 Å². The molecule has 1 aromatic carbocycles. The Morgan fingerprint density at radius 3 is 2.86 bits per heavy atom. The van der Waals surface area contributed by atoms with Crippen molar-refractivity contribution in [3.05, 3.63) is 34.9 Å². The quantitative estimate of drug-likeness (QED) is 0.567. The number of allylic oxidation sites excluding steroid dienone is 2. The van der Waals surface area contributed by atoms with E-state index in [9.17, 15) is 15.0 Å². The molecule has 1 aromatic rings. The van der Waals surface area contributed by atoms with Gasteiger partial charge in [0.05, 0.1) is 0 Å². The highest BCUT2D eigenvalue weighted by Gasteiger charge is 2.52. The Kier molecular flexibility index (Phi) is 2.54. The molecule has 2 saturated carbocycles. The maximum absolute atomic E-state index is 12.2. The highest BCUT2D eigenvalue weighted by atomic mass is 16.3. The number of rotatable bonds is 0. The van der Waals surface area contributed by atoms with Gasteiger partial charge in [-0.25, -0.2) is 0 Å². The number of benzene rings is 1. The van der Waals surface area contributed by atoms with Crippen molar-refractivity contribution in [3.8, 4) is 11.5 Å². The smallest absolute Gasteiger partial charge is 0.161 e. The molecule has 3 heteroatoms. The predicted molar refractivity (Wildman–Crippen MR) is 79.4 cm³/mol. The summed E-state index contributed by atoms with van der Waals surface area (Å²) in [5.41, 5.74) is 3.23. The van der Waals surface area contributed by atoms with Gasteiger partial charge < -0.3 is 10.2 Å². The van der Waals surface area contributed by atoms with Crippen molar-refractivity contribution in [2.75, 3.05) is 0 Å². The van der Waals surface area contributed by atoms with Crippen molar-refractivity contribution < 1.29 is 15.0 Å². The first kappa shape index (κ1) is 12.9. The van der Waals surface area contributed by atoms with Crippen LogP contribution in [0.1, 0.15) is 49.7 Å². The third kappa shape index (κ3) is 1.57. The number of aromatic hydroxyl groups is 2. The Balaban J connectivity index is 1.80. The average Bonchev–Trinajstić information content (AvgIpc) is 2.78. The van der Waals surface area contributed by atoms with Gasteiger partial charge in [0.25, 0.3) is 0 Å². The lowest BCUT2D eigenvalue weighted by Gasteiger charge is -2.43. The van der Waals surface area contributed by atoms with Crippen LogP contribution in [0.3, 0.4) is 0 Å². The molecule has 0 bridgehead atoms. The topological polar surface area (TPSA) is 57.5 Å². The van der Waals surface area contributed by atoms with Gasteiger partial charge in [0.1, 0.15) is 5.78 Å². The summed E-state index contributed by atoms with van der Waals surface area (Å²) in [6.45, 7) is 2.13. The van der Waals surface area contributed by atoms with Crippen LogP contribution in [0.2, 0.25) is 0 Å². The predicted octanol–water partition coefficient (Wildman–Crippen LogP) is 3.44. The van der Waals surface area contributed by atoms with Crippen LogP contribution in [0.4, 0.5) is 0 Å². The fourth-order valence-corrected chi connectivity index (χ4v) is 4.80. The number of carbonyl (C=O) groups is 1. The molecule has 3 aliphatic carbocycles. The summed E-state index contributed by atoms with van der Waals surface area (Å²) in [5, 5.41) is 19.8. The van der Waals surface area contributed by atoms with Gasteiger partial charge in [0.2, 0.25) is 0 Å². The molecule has 0 saturated heterocycles. The molecule has 0 amide bonds. The Labute approximate surface area is 124 Å². The second-order valence-corrected chi connectivity index (χ2v) is 6.93. The molecule has 3 nitrogen and oxygen atoms in total. The highest BCUT2D eigenvalue weighted by Crippen LogP contribution is 2.58. The van der Waals surface area contributed by atoms with E-state index in [-0.39, 0.29) is 16.9 Å². The van der Waals surface area contributed by atoms with E-state index in [0.29, 0.717) is 30.5 Å². The molecular formula is C18H20O3. The summed E-state index contributed by atoms with van der Waals surface area (Å²) in [5.74, 6) is 1.09. The van der Waals surface area contributed by atoms with Crippen LogP contribution in [0.5, 0.6) is 11.5 Å². The van der Waals surface area contributed by atoms with E-state index >= 15 is 0 Å². The minimum atomic E-state index is -0.168. The van der Waals surface area contributed by atoms with Gasteiger partial charge in [-0.3, -0.25) is 4.79 Å². The van der Waals surface area contributed by atoms with Crippen LogP contribution in [0.15, 0.2) is 23.8 Å². The minimum absolute atomic E-state index is 0.0265. The van der Waals surface area contributed by atoms with Crippen LogP contribution < -0.4 is 0 Å². The van der Waals surface area contributed by atoms with Crippen LogP contribution in [0, 0.1) is 11.3 Å². The maximum Gasteiger partial charge on any atom is 0.161 e. The SMILES string of the molecule is C[C@]12CC[C@H]3C(=CCc4c3ccc(O)c4O)[C@@H]1CCC2=O. The third-order valence-electron chi connectivity index (χ3n) is 6.04. The Morgan fingerprint density at radius 1 is 1.24 bits per heavy atom. The van der Waals surface area contributed by atoms with Crippen molar-refractivity contribution >= 4 is 5.78 Å². The first-order valence-electron chi connectivity index (χ1n) is 7.79. The molecule has 0 heterocycles. The monoisotopic (exact) mass is 284 g/mol. The van der Waals surface area contributed by atoms with E-state index in [0.717, 1.165) is 30.4 Å². The van der Waals surface area contributed by atoms with Gasteiger partial charge in [-0.2, -0.15) is 0 Å². The second kappa shape index (κ2) is 4.12. The van der Waals surface area contributed by atoms with E-state index in [1.165, 1.54) is 5.57 Å². The summed E-state index contributed by atoms with van der Waals surface area (Å²) in [6, 6.07) is 3.53. The molecule has 3 aliphatic rings. The van der Waals surface area contributed by atoms with E-state index in [1.54, 1.807) is 6.07 Å². The lowest BCUT2D eigenvalue weighted by atomic mass is 9.60. The summed E-state index contributed by atoms with van der Waals surface area (Å²) >= 11 is 0. The van der Waals surface area contributed by atoms with Crippen LogP contribution >= 0.6 is 0 Å². The zero-order valence-corrected chi connectivity index (χ0v) is 12.2. The highest BCUT2D eigenvalue weighted by molar-refractivity contribution is 5.88. The number of fused-ring (bicyclic) bond motifs is 5. The van der Waals surface area contributed by atoms with Crippen LogP contribution in [0.25, 0.3) is 0 Å². The number of hydrogen-bond donors (Lipinski definition) is 2. The van der Waals surface area contributed by atoms with Gasteiger partial charge in [-0.1, -0.05) is 24.6 Å². The normalized spacial score (nSPS) is 34.0. The summed E-state index contributed by atoms with van der Waals surface area (Å²) in [7, 11) is 0. The van der Waals surface area contributed by atoms with E-state index < -0.39 is 0 Å². The standard InChI is InChI=1S/C18H20O3/c1-18-9-8-11-10-4-6-15(19)17(21)13(10)3-2-12(11)14(18)5-7-16(18)20/h2,4,6,11,14,19,21H,3,5,7-9H2,1H3/t11-,14+,18+/m1/s1. The number of hydrogen-bond acceptors (Lipinski definition) is 3. The fraction of sp³-hybridized carbons (Fsp3) is 0.500. The van der Waals surface area contributed by atoms with Crippen molar-refractivity contribution in [1.29, 1.82) is 0 Å². The molecule has 2 N–H and O–H groups in total. The van der Waals surface area contributed by atoms with Crippen molar-refractivity contribution in [1.82, 2.24) is 0 Å². The lowest BCUT2D eigenvalue weighted by Crippen LogP contribution is -2.37. The summed E-state index contributed by atoms with van der Waals surface area (Å²) in [4.78, 5) is 12.2. The molecular weight excluding hydrogens is 264 g/mol. The molecule has 0 aliphatic heterocycles. The Hall–Kier alpha value is -1.77. The average molecular weight is 284 g/mol. The zero-order chi connectivity index (χ0) is 14.8. The number of phenols is 2. The number of carbonyl (C=O) groups excluding carboxylic acids is 1. The number of Topliss-reactive ketones (excluding diaryl/α,β-unsaturated/α-hetero) is 1. The zero-order valence-electron chi connectivity index (χ0n) is 12.2. The fourth-order valence-electron chi connectivity index (χ4n) is 4.80. The molecule has 0 spiro atoms. The third-order valence-corrected chi connectivity index (χ3v) is 6.04. The molecule has 3 atom stereocenters. The van der Waals surface area contributed by atoms with Crippen molar-refractivity contribution in [2.24, 2.45) is 11.3 Å². The maximum atomic E-state index is 12.2. The number of ketones is 1. The molecule has 2 fully saturated rings. The van der Waals surface area contributed by atoms with Crippen LogP contribution in [-0.2, 0) is 11.2 Å². The largest absolute Gasteiger partial charge is 0.504 e. The van der Waals surface area contributed by atoms with Gasteiger partial charge in [0, 0.05) is 23.3 Å². The van der Waals surface area contributed by atoms with Gasteiger partial charge >= 0.3 is 0 Å². The molecule has 4 rings (SSSR count). The minimum Gasteiger partial charge on any atom is -0.504 e. The van der Waals surface area contributed by atoms with Crippen molar-refractivity contribution in [2.45, 2.75) is 44.9 Å². The second-order valence-electron chi connectivity index (χ2n) is 6.93. The Bertz CT molecular complexity index is 673. The molecule has 21 heavy (non-hydrogen) atoms. The molecule has 0 radical (unpaired) electrons. The van der Waals surface area contributed by atoms with Gasteiger partial charge in [-0.15, -0.1) is 0 Å². The summed E-state index contributed by atoms with van der Waals surface area (Å²) < 4.78 is 0. The summed E-state index contributed by atoms with van der Waals surface area (Å²) in [6.07, 6.45) is 6.42. The first-order valence-corrected chi connectivity index (χ1v) is 7.79. The lowest BCUT2D eigenvalue weighted by molar-refractivity contribution is -0.126. The first-order chi connectivity index (χ1) is 10.0. The molecule has 0 aromatic heterocycles. The van der Waals surface area contributed by atoms with E-state index in [2.05, 4.69) is 13.0 Å². The Morgan fingerprint density at radius 2 is 2.05 bits per heavy atom. The van der Waals surface area contributed by atoms with Crippen LogP contribution in [-0.4, -0.2) is 16.0 Å². The molecule has 110 valence electrons. The van der Waals surface area contributed by atoms with Gasteiger partial charge in [-0.05, 0) is 43.2 Å². The molecule has 0 unspecified atom stereocenters. The van der Waals surface area contributed by atoms with E-state index in [1.807, 2.05) is 6.07 Å². The van der Waals surface area contributed by atoms with E-state index in [4.69, 9.17) is 0 Å². The number of phenolic OH excluding ortho intramolecular Hbond substituents is 2.